The minimum Gasteiger partial charge on any atom is -0.468 e. The first-order valence-corrected chi connectivity index (χ1v) is 8.63. The van der Waals surface area contributed by atoms with Crippen LogP contribution in [-0.2, 0) is 9.53 Å². The van der Waals surface area contributed by atoms with Crippen molar-refractivity contribution in [2.24, 2.45) is 5.92 Å². The fraction of sp³-hybridized carbons (Fsp3) is 0.941. The molecule has 3 aliphatic rings. The summed E-state index contributed by atoms with van der Waals surface area (Å²) in [5, 5.41) is 3.53. The Balaban J connectivity index is 1.62. The van der Waals surface area contributed by atoms with Gasteiger partial charge in [-0.25, -0.2) is 0 Å². The summed E-state index contributed by atoms with van der Waals surface area (Å²) < 4.78 is 5.07. The molecule has 120 valence electrons. The van der Waals surface area contributed by atoms with E-state index in [1.165, 1.54) is 52.2 Å². The molecule has 1 N–H and O–H groups in total. The Kier molecular flexibility index (Phi) is 4.28. The topological polar surface area (TPSA) is 41.6 Å². The number of hydrogen-bond acceptors (Lipinski definition) is 4. The van der Waals surface area contributed by atoms with E-state index in [1.54, 1.807) is 0 Å². The summed E-state index contributed by atoms with van der Waals surface area (Å²) in [5.74, 6) is 0.803. The van der Waals surface area contributed by atoms with Crippen LogP contribution in [-0.4, -0.2) is 48.2 Å². The Hall–Kier alpha value is -0.610. The summed E-state index contributed by atoms with van der Waals surface area (Å²) in [6, 6.07) is 1.72. The standard InChI is InChI=1S/C17H30N2O2/c1-12(19(15-8-9-15)11-13-4-5-13)10-17(2,16(20)21-3)18-14-6-7-14/h12-15,18H,4-11H2,1-3H3. The van der Waals surface area contributed by atoms with Crippen LogP contribution >= 0.6 is 0 Å². The highest BCUT2D eigenvalue weighted by Crippen LogP contribution is 2.37. The molecule has 3 rings (SSSR count). The zero-order valence-electron chi connectivity index (χ0n) is 13.7. The van der Waals surface area contributed by atoms with E-state index >= 15 is 0 Å². The van der Waals surface area contributed by atoms with Gasteiger partial charge in [0, 0.05) is 24.7 Å². The van der Waals surface area contributed by atoms with E-state index < -0.39 is 5.54 Å². The van der Waals surface area contributed by atoms with Gasteiger partial charge in [-0.2, -0.15) is 0 Å². The van der Waals surface area contributed by atoms with E-state index in [4.69, 9.17) is 4.74 Å². The molecule has 0 aliphatic heterocycles. The summed E-state index contributed by atoms with van der Waals surface area (Å²) >= 11 is 0. The number of nitrogens with zero attached hydrogens (tertiary/aromatic N) is 1. The molecule has 3 fully saturated rings. The second-order valence-electron chi connectivity index (χ2n) is 7.67. The third kappa shape index (κ3) is 3.98. The van der Waals surface area contributed by atoms with E-state index in [-0.39, 0.29) is 5.97 Å². The van der Waals surface area contributed by atoms with Gasteiger partial charge in [0.05, 0.1) is 7.11 Å². The van der Waals surface area contributed by atoms with Crippen LogP contribution in [0, 0.1) is 5.92 Å². The third-order valence-electron chi connectivity index (χ3n) is 5.19. The average Bonchev–Trinajstić information content (AvgIpc) is 3.23. The van der Waals surface area contributed by atoms with Gasteiger partial charge in [-0.05, 0) is 64.7 Å². The monoisotopic (exact) mass is 294 g/mol. The molecule has 0 aromatic heterocycles. The molecule has 4 heteroatoms. The number of methoxy groups -OCH3 is 1. The summed E-state index contributed by atoms with van der Waals surface area (Å²) in [6.07, 6.45) is 8.68. The molecule has 0 saturated heterocycles. The van der Waals surface area contributed by atoms with Gasteiger partial charge in [0.1, 0.15) is 5.54 Å². The first-order valence-electron chi connectivity index (χ1n) is 8.63. The first-order chi connectivity index (χ1) is 10.0. The molecule has 0 amide bonds. The molecule has 0 aromatic carbocycles. The van der Waals surface area contributed by atoms with E-state index in [2.05, 4.69) is 17.1 Å². The highest BCUT2D eigenvalue weighted by atomic mass is 16.5. The average molecular weight is 294 g/mol. The molecule has 4 nitrogen and oxygen atoms in total. The highest BCUT2D eigenvalue weighted by molar-refractivity contribution is 5.80. The summed E-state index contributed by atoms with van der Waals surface area (Å²) in [4.78, 5) is 14.9. The van der Waals surface area contributed by atoms with Gasteiger partial charge in [0.25, 0.3) is 0 Å². The van der Waals surface area contributed by atoms with Crippen LogP contribution in [0.1, 0.15) is 58.8 Å². The molecule has 2 atom stereocenters. The molecular weight excluding hydrogens is 264 g/mol. The van der Waals surface area contributed by atoms with Crippen molar-refractivity contribution in [1.82, 2.24) is 10.2 Å². The Bertz CT molecular complexity index is 388. The van der Waals surface area contributed by atoms with Gasteiger partial charge in [-0.1, -0.05) is 0 Å². The number of carbonyl (C=O) groups excluding carboxylic acids is 1. The van der Waals surface area contributed by atoms with Crippen molar-refractivity contribution in [3.8, 4) is 0 Å². The Morgan fingerprint density at radius 1 is 1.29 bits per heavy atom. The molecule has 21 heavy (non-hydrogen) atoms. The van der Waals surface area contributed by atoms with E-state index in [0.29, 0.717) is 12.1 Å². The molecule has 3 saturated carbocycles. The van der Waals surface area contributed by atoms with Gasteiger partial charge in [-0.3, -0.25) is 15.0 Å². The quantitative estimate of drug-likeness (QED) is 0.663. The Morgan fingerprint density at radius 3 is 2.43 bits per heavy atom. The number of hydrogen-bond donors (Lipinski definition) is 1. The van der Waals surface area contributed by atoms with Gasteiger partial charge < -0.3 is 4.74 Å². The first kappa shape index (κ1) is 15.3. The fourth-order valence-electron chi connectivity index (χ4n) is 3.51. The van der Waals surface area contributed by atoms with E-state index in [0.717, 1.165) is 18.4 Å². The van der Waals surface area contributed by atoms with E-state index in [9.17, 15) is 4.79 Å². The van der Waals surface area contributed by atoms with Crippen LogP contribution in [0.5, 0.6) is 0 Å². The highest BCUT2D eigenvalue weighted by Gasteiger charge is 2.43. The maximum Gasteiger partial charge on any atom is 0.325 e. The fourth-order valence-corrected chi connectivity index (χ4v) is 3.51. The lowest BCUT2D eigenvalue weighted by Gasteiger charge is -2.36. The zero-order valence-corrected chi connectivity index (χ0v) is 13.7. The molecule has 0 bridgehead atoms. The maximum atomic E-state index is 12.3. The lowest BCUT2D eigenvalue weighted by Crippen LogP contribution is -2.55. The minimum absolute atomic E-state index is 0.108. The van der Waals surface area contributed by atoms with Crippen LogP contribution in [0.25, 0.3) is 0 Å². The summed E-state index contributed by atoms with van der Waals surface area (Å²) in [7, 11) is 1.50. The van der Waals surface area contributed by atoms with E-state index in [1.807, 2.05) is 6.92 Å². The molecular formula is C17H30N2O2. The number of rotatable bonds is 9. The van der Waals surface area contributed by atoms with Crippen LogP contribution < -0.4 is 5.32 Å². The largest absolute Gasteiger partial charge is 0.468 e. The smallest absolute Gasteiger partial charge is 0.325 e. The Labute approximate surface area is 128 Å². The van der Waals surface area contributed by atoms with Crippen LogP contribution in [0.3, 0.4) is 0 Å². The van der Waals surface area contributed by atoms with Crippen LogP contribution in [0.4, 0.5) is 0 Å². The minimum atomic E-state index is -0.536. The molecule has 0 radical (unpaired) electrons. The van der Waals surface area contributed by atoms with Crippen molar-refractivity contribution in [3.05, 3.63) is 0 Å². The molecule has 0 spiro atoms. The van der Waals surface area contributed by atoms with Gasteiger partial charge in [-0.15, -0.1) is 0 Å². The third-order valence-corrected chi connectivity index (χ3v) is 5.19. The molecule has 0 aromatic rings. The van der Waals surface area contributed by atoms with Gasteiger partial charge >= 0.3 is 5.97 Å². The second kappa shape index (κ2) is 5.88. The number of esters is 1. The van der Waals surface area contributed by atoms with Crippen molar-refractivity contribution in [2.75, 3.05) is 13.7 Å². The summed E-state index contributed by atoms with van der Waals surface area (Å²) in [5.41, 5.74) is -0.536. The van der Waals surface area contributed by atoms with Crippen LogP contribution in [0.15, 0.2) is 0 Å². The zero-order chi connectivity index (χ0) is 15.0. The van der Waals surface area contributed by atoms with Crippen molar-refractivity contribution in [1.29, 1.82) is 0 Å². The molecule has 0 heterocycles. The molecule has 3 aliphatic carbocycles. The van der Waals surface area contributed by atoms with Crippen molar-refractivity contribution >= 4 is 5.97 Å². The lowest BCUT2D eigenvalue weighted by atomic mass is 9.92. The number of ether oxygens (including phenoxy) is 1. The van der Waals surface area contributed by atoms with Crippen molar-refractivity contribution in [2.45, 2.75) is 82.5 Å². The van der Waals surface area contributed by atoms with Gasteiger partial charge in [0.15, 0.2) is 0 Å². The second-order valence-corrected chi connectivity index (χ2v) is 7.67. The predicted octanol–water partition coefficient (Wildman–Crippen LogP) is 2.32. The maximum absolute atomic E-state index is 12.3. The van der Waals surface area contributed by atoms with Gasteiger partial charge in [0.2, 0.25) is 0 Å². The normalized spacial score (nSPS) is 26.5. The predicted molar refractivity (Wildman–Crippen MR) is 83.1 cm³/mol. The summed E-state index contributed by atoms with van der Waals surface area (Å²) in [6.45, 7) is 5.54. The Morgan fingerprint density at radius 2 is 1.95 bits per heavy atom. The number of nitrogens with one attached hydrogen (secondary N) is 1. The lowest BCUT2D eigenvalue weighted by molar-refractivity contribution is -0.149. The van der Waals surface area contributed by atoms with Crippen molar-refractivity contribution < 1.29 is 9.53 Å². The van der Waals surface area contributed by atoms with Crippen molar-refractivity contribution in [3.63, 3.8) is 0 Å². The molecule has 2 unspecified atom stereocenters. The van der Waals surface area contributed by atoms with Crippen LogP contribution in [0.2, 0.25) is 0 Å². The SMILES string of the molecule is COC(=O)C(C)(CC(C)N(CC1CC1)C1CC1)NC1CC1. The number of carbonyl (C=O) groups is 1.